The molecule has 0 amide bonds. The Labute approximate surface area is 89.4 Å². The molecule has 0 bridgehead atoms. The molecule has 0 saturated carbocycles. The van der Waals surface area contributed by atoms with Crippen LogP contribution in [0, 0.1) is 0 Å². The summed E-state index contributed by atoms with van der Waals surface area (Å²) in [6.45, 7) is 4.83. The van der Waals surface area contributed by atoms with Crippen LogP contribution in [0.1, 0.15) is 20.8 Å². The molecule has 0 spiro atoms. The average molecular weight is 264 g/mol. The van der Waals surface area contributed by atoms with Crippen LogP contribution in [0.15, 0.2) is 0 Å². The predicted octanol–water partition coefficient (Wildman–Crippen LogP) is 1.89. The van der Waals surface area contributed by atoms with Crippen molar-refractivity contribution in [2.24, 2.45) is 0 Å². The third kappa shape index (κ3) is 6.27. The molecule has 0 saturated heterocycles. The summed E-state index contributed by atoms with van der Waals surface area (Å²) in [5.74, 6) is 0. The van der Waals surface area contributed by atoms with Gasteiger partial charge < -0.3 is 17.4 Å². The summed E-state index contributed by atoms with van der Waals surface area (Å²) in [6.07, 6.45) is 0. The number of rotatable bonds is 8. The van der Waals surface area contributed by atoms with Gasteiger partial charge in [0.1, 0.15) is 0 Å². The highest BCUT2D eigenvalue weighted by Gasteiger charge is 2.58. The van der Waals surface area contributed by atoms with E-state index in [9.17, 15) is 12.3 Å². The average Bonchev–Trinajstić information content (AvgIpc) is 2.01. The molecule has 0 N–H and O–H groups in total. The topological polar surface area (TPSA) is 36.9 Å². The van der Waals surface area contributed by atoms with E-state index in [1.807, 2.05) is 0 Å². The van der Waals surface area contributed by atoms with E-state index in [0.29, 0.717) is 0 Å². The van der Waals surface area contributed by atoms with Crippen LogP contribution in [0.5, 0.6) is 0 Å². The van der Waals surface area contributed by atoms with Crippen molar-refractivity contribution in [3.8, 4) is 0 Å². The highest BCUT2D eigenvalue weighted by Crippen LogP contribution is 2.21. The van der Waals surface area contributed by atoms with Crippen molar-refractivity contribution in [2.75, 3.05) is 19.8 Å². The Balaban J connectivity index is 4.60. The van der Waals surface area contributed by atoms with Crippen molar-refractivity contribution in [3.05, 3.63) is 0 Å². The van der Waals surface area contributed by atoms with Gasteiger partial charge in [0.25, 0.3) is 0 Å². The fourth-order valence-electron chi connectivity index (χ4n) is 0.885. The standard InChI is InChI=1S/C6H15F3O4Si2/c1-4-10-15(11-5-2,12-6-3)13-14(7,8)9/h4-6H2,1-3H3. The molecule has 0 aliphatic carbocycles. The molecule has 0 aliphatic rings. The van der Waals surface area contributed by atoms with Gasteiger partial charge in [0.05, 0.1) is 0 Å². The van der Waals surface area contributed by atoms with E-state index in [4.69, 9.17) is 13.3 Å². The third-order valence-electron chi connectivity index (χ3n) is 1.20. The molecule has 0 aromatic carbocycles. The van der Waals surface area contributed by atoms with Gasteiger partial charge in [0.15, 0.2) is 0 Å². The number of halogens is 3. The molecule has 0 aliphatic heterocycles. The van der Waals surface area contributed by atoms with Crippen LogP contribution < -0.4 is 0 Å². The molecule has 4 nitrogen and oxygen atoms in total. The molecule has 0 aromatic rings. The number of hydrogen-bond acceptors (Lipinski definition) is 4. The van der Waals surface area contributed by atoms with Crippen LogP contribution in [0.3, 0.4) is 0 Å². The van der Waals surface area contributed by atoms with Gasteiger partial charge in [-0.3, -0.25) is 0 Å². The van der Waals surface area contributed by atoms with Gasteiger partial charge in [-0.25, -0.2) is 12.3 Å². The molecular formula is C6H15F3O4Si2. The second-order valence-electron chi connectivity index (χ2n) is 2.35. The molecule has 92 valence electrons. The van der Waals surface area contributed by atoms with Gasteiger partial charge in [-0.15, -0.1) is 0 Å². The maximum atomic E-state index is 12.2. The lowest BCUT2D eigenvalue weighted by Crippen LogP contribution is -2.54. The van der Waals surface area contributed by atoms with Gasteiger partial charge in [0.2, 0.25) is 0 Å². The highest BCUT2D eigenvalue weighted by molar-refractivity contribution is 6.67. The van der Waals surface area contributed by atoms with Crippen LogP contribution in [0.2, 0.25) is 0 Å². The van der Waals surface area contributed by atoms with Crippen molar-refractivity contribution in [2.45, 2.75) is 20.8 Å². The maximum Gasteiger partial charge on any atom is 0.796 e. The van der Waals surface area contributed by atoms with Gasteiger partial charge in [0, 0.05) is 19.8 Å². The van der Waals surface area contributed by atoms with Gasteiger partial charge in [-0.1, -0.05) is 0 Å². The lowest BCUT2D eigenvalue weighted by molar-refractivity contribution is -0.00731. The zero-order valence-corrected chi connectivity index (χ0v) is 10.9. The zero-order chi connectivity index (χ0) is 11.9. The zero-order valence-electron chi connectivity index (χ0n) is 8.89. The van der Waals surface area contributed by atoms with E-state index in [0.717, 1.165) is 0 Å². The first-order valence-corrected chi connectivity index (χ1v) is 7.75. The largest absolute Gasteiger partial charge is 0.796 e. The van der Waals surface area contributed by atoms with Crippen LogP contribution in [-0.4, -0.2) is 38.2 Å². The van der Waals surface area contributed by atoms with Crippen LogP contribution in [-0.2, 0) is 17.4 Å². The molecule has 0 atom stereocenters. The molecule has 9 heteroatoms. The third-order valence-corrected chi connectivity index (χ3v) is 5.06. The lowest BCUT2D eigenvalue weighted by Gasteiger charge is -2.26. The van der Waals surface area contributed by atoms with Gasteiger partial charge in [-0.2, -0.15) is 0 Å². The summed E-state index contributed by atoms with van der Waals surface area (Å²) in [7, 11) is -10.2. The van der Waals surface area contributed by atoms with E-state index in [-0.39, 0.29) is 19.8 Å². The monoisotopic (exact) mass is 264 g/mol. The van der Waals surface area contributed by atoms with Gasteiger partial charge >= 0.3 is 18.4 Å². The Bertz CT molecular complexity index is 161. The smallest absolute Gasteiger partial charge is 0.352 e. The van der Waals surface area contributed by atoms with Crippen molar-refractivity contribution >= 4 is 18.4 Å². The molecular weight excluding hydrogens is 249 g/mol. The van der Waals surface area contributed by atoms with Crippen molar-refractivity contribution < 1.29 is 29.7 Å². The van der Waals surface area contributed by atoms with Crippen LogP contribution in [0.4, 0.5) is 12.3 Å². The van der Waals surface area contributed by atoms with E-state index in [2.05, 4.69) is 4.12 Å². The summed E-state index contributed by atoms with van der Waals surface area (Å²) < 4.78 is 55.3. The van der Waals surface area contributed by atoms with Crippen LogP contribution in [0.25, 0.3) is 0 Å². The quantitative estimate of drug-likeness (QED) is 0.495. The van der Waals surface area contributed by atoms with E-state index in [1.165, 1.54) is 0 Å². The van der Waals surface area contributed by atoms with Gasteiger partial charge in [-0.05, 0) is 20.8 Å². The first-order valence-electron chi connectivity index (χ1n) is 4.57. The van der Waals surface area contributed by atoms with Crippen molar-refractivity contribution in [3.63, 3.8) is 0 Å². The molecule has 0 unspecified atom stereocenters. The summed E-state index contributed by atoms with van der Waals surface area (Å²) in [5, 5.41) is 0. The molecule has 0 radical (unpaired) electrons. The number of hydrogen-bond donors (Lipinski definition) is 0. The fourth-order valence-corrected chi connectivity index (χ4v) is 4.04. The Hall–Kier alpha value is 0.0638. The highest BCUT2D eigenvalue weighted by atomic mass is 28.5. The Morgan fingerprint density at radius 3 is 1.33 bits per heavy atom. The lowest BCUT2D eigenvalue weighted by atomic mass is 10.9. The fraction of sp³-hybridized carbons (Fsp3) is 1.00. The Morgan fingerprint density at radius 2 is 1.13 bits per heavy atom. The van der Waals surface area contributed by atoms with E-state index < -0.39 is 18.4 Å². The molecule has 0 heterocycles. The molecule has 0 fully saturated rings. The minimum Gasteiger partial charge on any atom is -0.352 e. The molecule has 0 aromatic heterocycles. The first-order chi connectivity index (χ1) is 6.89. The minimum atomic E-state index is -6.22. The Kier molecular flexibility index (Phi) is 6.63. The van der Waals surface area contributed by atoms with E-state index >= 15 is 0 Å². The summed E-state index contributed by atoms with van der Waals surface area (Å²) >= 11 is 0. The predicted molar refractivity (Wildman–Crippen MR) is 50.8 cm³/mol. The normalized spacial score (nSPS) is 13.2. The second kappa shape index (κ2) is 6.60. The summed E-state index contributed by atoms with van der Waals surface area (Å²) in [6, 6.07) is 0. The van der Waals surface area contributed by atoms with Crippen LogP contribution >= 0.6 is 0 Å². The summed E-state index contributed by atoms with van der Waals surface area (Å²) in [4.78, 5) is 0. The SMILES string of the molecule is CCO[Si](OCC)(OCC)O[Si](F)(F)F. The Morgan fingerprint density at radius 1 is 0.800 bits per heavy atom. The molecule has 0 rings (SSSR count). The van der Waals surface area contributed by atoms with Crippen molar-refractivity contribution in [1.82, 2.24) is 0 Å². The second-order valence-corrected chi connectivity index (χ2v) is 5.92. The molecule has 15 heavy (non-hydrogen) atoms. The maximum absolute atomic E-state index is 12.2. The minimum absolute atomic E-state index is 0.0523. The summed E-state index contributed by atoms with van der Waals surface area (Å²) in [5.41, 5.74) is 0. The van der Waals surface area contributed by atoms with E-state index in [1.54, 1.807) is 20.8 Å². The van der Waals surface area contributed by atoms with Crippen molar-refractivity contribution in [1.29, 1.82) is 0 Å². The first kappa shape index (κ1) is 15.1.